The SMILES string of the molecule is Cc1cccc(N2CCN(c3csc(C(=O)O)c3)CC2)c1. The van der Waals surface area contributed by atoms with E-state index in [1.807, 2.05) is 5.38 Å². The number of hydrogen-bond donors (Lipinski definition) is 1. The van der Waals surface area contributed by atoms with E-state index in [9.17, 15) is 4.79 Å². The van der Waals surface area contributed by atoms with Crippen molar-refractivity contribution in [1.29, 1.82) is 0 Å². The molecule has 0 unspecified atom stereocenters. The van der Waals surface area contributed by atoms with Gasteiger partial charge in [-0.2, -0.15) is 0 Å². The van der Waals surface area contributed by atoms with Crippen molar-refractivity contribution >= 4 is 28.7 Å². The van der Waals surface area contributed by atoms with Crippen molar-refractivity contribution in [2.75, 3.05) is 36.0 Å². The zero-order chi connectivity index (χ0) is 14.8. The van der Waals surface area contributed by atoms with E-state index >= 15 is 0 Å². The van der Waals surface area contributed by atoms with Gasteiger partial charge in [-0.3, -0.25) is 0 Å². The van der Waals surface area contributed by atoms with Crippen LogP contribution in [-0.4, -0.2) is 37.3 Å². The Balaban J connectivity index is 1.66. The fraction of sp³-hybridized carbons (Fsp3) is 0.312. The maximum Gasteiger partial charge on any atom is 0.345 e. The second-order valence-electron chi connectivity index (χ2n) is 5.29. The minimum atomic E-state index is -0.843. The molecule has 5 heteroatoms. The van der Waals surface area contributed by atoms with E-state index < -0.39 is 5.97 Å². The molecule has 110 valence electrons. The number of aromatic carboxylic acids is 1. The summed E-state index contributed by atoms with van der Waals surface area (Å²) in [5.74, 6) is -0.843. The van der Waals surface area contributed by atoms with Crippen molar-refractivity contribution in [2.45, 2.75) is 6.92 Å². The lowest BCUT2D eigenvalue weighted by Crippen LogP contribution is -2.46. The third-order valence-corrected chi connectivity index (χ3v) is 4.71. The number of carboxylic acids is 1. The monoisotopic (exact) mass is 302 g/mol. The van der Waals surface area contributed by atoms with Gasteiger partial charge in [-0.05, 0) is 30.7 Å². The van der Waals surface area contributed by atoms with Crippen LogP contribution in [0.3, 0.4) is 0 Å². The number of piperazine rings is 1. The summed E-state index contributed by atoms with van der Waals surface area (Å²) in [6, 6.07) is 10.3. The highest BCUT2D eigenvalue weighted by atomic mass is 32.1. The molecule has 0 saturated carbocycles. The Kier molecular flexibility index (Phi) is 3.84. The van der Waals surface area contributed by atoms with Crippen molar-refractivity contribution in [2.24, 2.45) is 0 Å². The Morgan fingerprint density at radius 2 is 1.76 bits per heavy atom. The summed E-state index contributed by atoms with van der Waals surface area (Å²) >= 11 is 1.30. The first-order valence-corrected chi connectivity index (χ1v) is 7.90. The average molecular weight is 302 g/mol. The number of hydrogen-bond acceptors (Lipinski definition) is 4. The zero-order valence-corrected chi connectivity index (χ0v) is 12.8. The summed E-state index contributed by atoms with van der Waals surface area (Å²) in [7, 11) is 0. The molecule has 21 heavy (non-hydrogen) atoms. The van der Waals surface area contributed by atoms with Crippen LogP contribution in [0.2, 0.25) is 0 Å². The Labute approximate surface area is 128 Å². The van der Waals surface area contributed by atoms with Crippen LogP contribution in [0.15, 0.2) is 35.7 Å². The van der Waals surface area contributed by atoms with E-state index in [-0.39, 0.29) is 0 Å². The predicted molar refractivity (Wildman–Crippen MR) is 86.9 cm³/mol. The predicted octanol–water partition coefficient (Wildman–Crippen LogP) is 3.08. The van der Waals surface area contributed by atoms with Gasteiger partial charge in [0, 0.05) is 42.9 Å². The summed E-state index contributed by atoms with van der Waals surface area (Å²) in [6.07, 6.45) is 0. The molecule has 0 bridgehead atoms. The minimum Gasteiger partial charge on any atom is -0.477 e. The number of thiophene rings is 1. The number of carboxylic acid groups (broad SMARTS) is 1. The van der Waals surface area contributed by atoms with Gasteiger partial charge < -0.3 is 14.9 Å². The molecule has 2 heterocycles. The molecule has 2 aromatic rings. The van der Waals surface area contributed by atoms with Gasteiger partial charge in [-0.1, -0.05) is 12.1 Å². The molecule has 0 atom stereocenters. The molecule has 0 radical (unpaired) electrons. The highest BCUT2D eigenvalue weighted by Gasteiger charge is 2.19. The third-order valence-electron chi connectivity index (χ3n) is 3.81. The number of aryl methyl sites for hydroxylation is 1. The quantitative estimate of drug-likeness (QED) is 0.946. The third kappa shape index (κ3) is 3.03. The van der Waals surface area contributed by atoms with Crippen LogP contribution >= 0.6 is 11.3 Å². The fourth-order valence-corrected chi connectivity index (χ4v) is 3.41. The van der Waals surface area contributed by atoms with E-state index in [2.05, 4.69) is 41.0 Å². The summed E-state index contributed by atoms with van der Waals surface area (Å²) in [6.45, 7) is 5.87. The van der Waals surface area contributed by atoms with Crippen LogP contribution in [0.1, 0.15) is 15.2 Å². The standard InChI is InChI=1S/C16H18N2O2S/c1-12-3-2-4-13(9-12)17-5-7-18(8-6-17)14-10-15(16(19)20)21-11-14/h2-4,9-11H,5-8H2,1H3,(H,19,20). The second-order valence-corrected chi connectivity index (χ2v) is 6.20. The molecular weight excluding hydrogens is 284 g/mol. The second kappa shape index (κ2) is 5.77. The molecule has 1 saturated heterocycles. The summed E-state index contributed by atoms with van der Waals surface area (Å²) < 4.78 is 0. The summed E-state index contributed by atoms with van der Waals surface area (Å²) in [5.41, 5.74) is 3.58. The highest BCUT2D eigenvalue weighted by molar-refractivity contribution is 7.12. The molecule has 3 rings (SSSR count). The topological polar surface area (TPSA) is 43.8 Å². The number of nitrogens with zero attached hydrogens (tertiary/aromatic N) is 2. The first kappa shape index (κ1) is 13.9. The number of anilines is 2. The van der Waals surface area contributed by atoms with Crippen molar-refractivity contribution in [1.82, 2.24) is 0 Å². The molecule has 1 aliphatic rings. The minimum absolute atomic E-state index is 0.408. The van der Waals surface area contributed by atoms with Crippen LogP contribution in [0.25, 0.3) is 0 Å². The van der Waals surface area contributed by atoms with E-state index in [1.54, 1.807) is 6.07 Å². The van der Waals surface area contributed by atoms with Crippen LogP contribution in [0, 0.1) is 6.92 Å². The molecule has 0 aliphatic carbocycles. The van der Waals surface area contributed by atoms with Crippen LogP contribution < -0.4 is 9.80 Å². The lowest BCUT2D eigenvalue weighted by molar-refractivity contribution is 0.0702. The van der Waals surface area contributed by atoms with Gasteiger partial charge in [0.25, 0.3) is 0 Å². The van der Waals surface area contributed by atoms with Crippen molar-refractivity contribution in [3.8, 4) is 0 Å². The first-order chi connectivity index (χ1) is 10.1. The molecule has 1 aromatic carbocycles. The summed E-state index contributed by atoms with van der Waals surface area (Å²) in [5, 5.41) is 10.9. The van der Waals surface area contributed by atoms with Gasteiger partial charge in [0.05, 0.1) is 0 Å². The maximum atomic E-state index is 10.9. The Bertz CT molecular complexity index is 645. The Morgan fingerprint density at radius 3 is 2.33 bits per heavy atom. The van der Waals surface area contributed by atoms with Crippen LogP contribution in [-0.2, 0) is 0 Å². The molecule has 4 nitrogen and oxygen atoms in total. The Morgan fingerprint density at radius 1 is 1.10 bits per heavy atom. The Hall–Kier alpha value is -2.01. The maximum absolute atomic E-state index is 10.9. The van der Waals surface area contributed by atoms with Gasteiger partial charge in [0.15, 0.2) is 0 Å². The number of benzene rings is 1. The first-order valence-electron chi connectivity index (χ1n) is 7.02. The normalized spacial score (nSPS) is 15.3. The largest absolute Gasteiger partial charge is 0.477 e. The molecule has 0 spiro atoms. The van der Waals surface area contributed by atoms with Crippen molar-refractivity contribution in [3.63, 3.8) is 0 Å². The van der Waals surface area contributed by atoms with Gasteiger partial charge in [0.2, 0.25) is 0 Å². The van der Waals surface area contributed by atoms with E-state index in [0.717, 1.165) is 31.9 Å². The van der Waals surface area contributed by atoms with E-state index in [4.69, 9.17) is 5.11 Å². The van der Waals surface area contributed by atoms with Gasteiger partial charge >= 0.3 is 5.97 Å². The molecule has 1 aromatic heterocycles. The smallest absolute Gasteiger partial charge is 0.345 e. The average Bonchev–Trinajstić information content (AvgIpc) is 2.97. The van der Waals surface area contributed by atoms with E-state index in [1.165, 1.54) is 22.6 Å². The zero-order valence-electron chi connectivity index (χ0n) is 12.0. The van der Waals surface area contributed by atoms with Crippen LogP contribution in [0.4, 0.5) is 11.4 Å². The fourth-order valence-electron chi connectivity index (χ4n) is 2.65. The van der Waals surface area contributed by atoms with Crippen molar-refractivity contribution in [3.05, 3.63) is 46.2 Å². The molecule has 0 amide bonds. The number of carbonyl (C=O) groups is 1. The van der Waals surface area contributed by atoms with Gasteiger partial charge in [0.1, 0.15) is 4.88 Å². The van der Waals surface area contributed by atoms with Crippen LogP contribution in [0.5, 0.6) is 0 Å². The van der Waals surface area contributed by atoms with Crippen molar-refractivity contribution < 1.29 is 9.90 Å². The molecule has 1 aliphatic heterocycles. The lowest BCUT2D eigenvalue weighted by Gasteiger charge is -2.37. The summed E-state index contributed by atoms with van der Waals surface area (Å²) in [4.78, 5) is 16.0. The van der Waals surface area contributed by atoms with Gasteiger partial charge in [-0.15, -0.1) is 11.3 Å². The highest BCUT2D eigenvalue weighted by Crippen LogP contribution is 2.25. The van der Waals surface area contributed by atoms with E-state index in [0.29, 0.717) is 4.88 Å². The number of rotatable bonds is 3. The van der Waals surface area contributed by atoms with Gasteiger partial charge in [-0.25, -0.2) is 4.79 Å². The molecule has 1 fully saturated rings. The lowest BCUT2D eigenvalue weighted by atomic mass is 10.2. The molecular formula is C16H18N2O2S. The molecule has 1 N–H and O–H groups in total.